The molecule has 1 aliphatic carbocycles. The van der Waals surface area contributed by atoms with E-state index in [1.54, 1.807) is 0 Å². The fraction of sp³-hybridized carbons (Fsp3) is 0.571. The second-order valence-electron chi connectivity index (χ2n) is 5.29. The molecule has 1 fully saturated rings. The van der Waals surface area contributed by atoms with Crippen LogP contribution in [0, 0.1) is 5.92 Å². The first-order chi connectivity index (χ1) is 10.3. The van der Waals surface area contributed by atoms with Gasteiger partial charge in [0.15, 0.2) is 0 Å². The van der Waals surface area contributed by atoms with Gasteiger partial charge >= 0.3 is 6.18 Å². The van der Waals surface area contributed by atoms with E-state index in [4.69, 9.17) is 4.74 Å². The van der Waals surface area contributed by atoms with E-state index in [2.05, 4.69) is 4.72 Å². The molecule has 1 aromatic rings. The molecule has 8 heteroatoms. The molecule has 0 aliphatic heterocycles. The zero-order valence-corrected chi connectivity index (χ0v) is 12.7. The Hall–Kier alpha value is -1.12. The second-order valence-corrected chi connectivity index (χ2v) is 7.06. The first-order valence-electron chi connectivity index (χ1n) is 7.04. The van der Waals surface area contributed by atoms with Crippen molar-refractivity contribution in [2.24, 2.45) is 5.92 Å². The number of halogens is 3. The third-order valence-corrected chi connectivity index (χ3v) is 4.78. The van der Waals surface area contributed by atoms with Crippen molar-refractivity contribution in [1.82, 2.24) is 4.72 Å². The number of sulfonamides is 1. The molecule has 2 rings (SSSR count). The molecular formula is C14H18F3NO3S. The van der Waals surface area contributed by atoms with Crippen LogP contribution in [-0.4, -0.2) is 28.2 Å². The highest BCUT2D eigenvalue weighted by Gasteiger charge is 2.30. The molecule has 0 aromatic heterocycles. The lowest BCUT2D eigenvalue weighted by Gasteiger charge is -2.09. The average molecular weight is 337 g/mol. The maximum atomic E-state index is 12.4. The van der Waals surface area contributed by atoms with Crippen LogP contribution in [0.1, 0.15) is 24.8 Å². The minimum atomic E-state index is -4.48. The van der Waals surface area contributed by atoms with Gasteiger partial charge in [-0.05, 0) is 49.4 Å². The Labute approximate surface area is 127 Å². The van der Waals surface area contributed by atoms with Crippen LogP contribution in [-0.2, 0) is 20.9 Å². The van der Waals surface area contributed by atoms with E-state index in [0.29, 0.717) is 25.6 Å². The lowest BCUT2D eigenvalue weighted by atomic mass is 10.2. The number of ether oxygens (including phenoxy) is 1. The number of benzene rings is 1. The van der Waals surface area contributed by atoms with Crippen molar-refractivity contribution < 1.29 is 26.3 Å². The molecule has 1 saturated carbocycles. The summed E-state index contributed by atoms with van der Waals surface area (Å²) < 4.78 is 68.8. The van der Waals surface area contributed by atoms with Gasteiger partial charge in [-0.15, -0.1) is 0 Å². The molecule has 22 heavy (non-hydrogen) atoms. The topological polar surface area (TPSA) is 55.4 Å². The molecule has 1 N–H and O–H groups in total. The predicted octanol–water partition coefficient (Wildman–Crippen LogP) is 2.80. The van der Waals surface area contributed by atoms with Crippen molar-refractivity contribution in [2.45, 2.75) is 30.3 Å². The van der Waals surface area contributed by atoms with E-state index in [1.807, 2.05) is 0 Å². The van der Waals surface area contributed by atoms with E-state index in [1.165, 1.54) is 12.8 Å². The summed E-state index contributed by atoms with van der Waals surface area (Å²) in [5.41, 5.74) is -0.875. The number of hydrogen-bond acceptors (Lipinski definition) is 3. The monoisotopic (exact) mass is 337 g/mol. The Kier molecular flexibility index (Phi) is 5.46. The van der Waals surface area contributed by atoms with E-state index in [0.717, 1.165) is 24.3 Å². The van der Waals surface area contributed by atoms with Gasteiger partial charge in [-0.1, -0.05) is 0 Å². The van der Waals surface area contributed by atoms with Crippen LogP contribution in [0.2, 0.25) is 0 Å². The summed E-state index contributed by atoms with van der Waals surface area (Å²) in [6.07, 6.45) is -1.57. The lowest BCUT2D eigenvalue weighted by molar-refractivity contribution is -0.137. The molecule has 1 aliphatic rings. The van der Waals surface area contributed by atoms with Crippen molar-refractivity contribution in [3.05, 3.63) is 29.8 Å². The first-order valence-corrected chi connectivity index (χ1v) is 8.52. The van der Waals surface area contributed by atoms with Gasteiger partial charge in [-0.3, -0.25) is 0 Å². The summed E-state index contributed by atoms with van der Waals surface area (Å²) in [5.74, 6) is 0.656. The van der Waals surface area contributed by atoms with E-state index < -0.39 is 21.8 Å². The summed E-state index contributed by atoms with van der Waals surface area (Å²) in [5, 5.41) is 0. The van der Waals surface area contributed by atoms with Crippen LogP contribution in [0.4, 0.5) is 13.2 Å². The maximum Gasteiger partial charge on any atom is 0.416 e. The third kappa shape index (κ3) is 5.26. The highest BCUT2D eigenvalue weighted by Crippen LogP contribution is 2.30. The average Bonchev–Trinajstić information content (AvgIpc) is 3.26. The largest absolute Gasteiger partial charge is 0.416 e. The van der Waals surface area contributed by atoms with Gasteiger partial charge in [-0.25, -0.2) is 13.1 Å². The first kappa shape index (κ1) is 17.2. The summed E-state index contributed by atoms with van der Waals surface area (Å²) in [6.45, 7) is 1.37. The van der Waals surface area contributed by atoms with E-state index >= 15 is 0 Å². The number of hydrogen-bond donors (Lipinski definition) is 1. The van der Waals surface area contributed by atoms with E-state index in [9.17, 15) is 21.6 Å². The van der Waals surface area contributed by atoms with Gasteiger partial charge < -0.3 is 4.74 Å². The summed E-state index contributed by atoms with van der Waals surface area (Å²) in [6, 6.07) is 3.42. The molecule has 0 atom stereocenters. The number of nitrogens with one attached hydrogen (secondary N) is 1. The minimum Gasteiger partial charge on any atom is -0.381 e. The molecule has 124 valence electrons. The zero-order chi connectivity index (χ0) is 16.2. The van der Waals surface area contributed by atoms with Crippen LogP contribution in [0.25, 0.3) is 0 Å². The van der Waals surface area contributed by atoms with Gasteiger partial charge in [0.25, 0.3) is 0 Å². The smallest absolute Gasteiger partial charge is 0.381 e. The Morgan fingerprint density at radius 1 is 1.18 bits per heavy atom. The van der Waals surface area contributed by atoms with Crippen molar-refractivity contribution in [3.8, 4) is 0 Å². The highest BCUT2D eigenvalue weighted by molar-refractivity contribution is 7.89. The summed E-state index contributed by atoms with van der Waals surface area (Å²) >= 11 is 0. The normalized spacial score (nSPS) is 16.0. The zero-order valence-electron chi connectivity index (χ0n) is 11.9. The molecule has 0 heterocycles. The Bertz CT molecular complexity index is 580. The van der Waals surface area contributed by atoms with Crippen LogP contribution in [0.3, 0.4) is 0 Å². The van der Waals surface area contributed by atoms with Gasteiger partial charge in [0.05, 0.1) is 10.5 Å². The number of alkyl halides is 3. The van der Waals surface area contributed by atoms with Crippen LogP contribution >= 0.6 is 0 Å². The quantitative estimate of drug-likeness (QED) is 0.742. The van der Waals surface area contributed by atoms with Gasteiger partial charge in [0.1, 0.15) is 0 Å². The van der Waals surface area contributed by atoms with Crippen molar-refractivity contribution in [3.63, 3.8) is 0 Å². The van der Waals surface area contributed by atoms with Crippen LogP contribution in [0.15, 0.2) is 29.2 Å². The molecule has 0 amide bonds. The third-order valence-electron chi connectivity index (χ3n) is 3.30. The van der Waals surface area contributed by atoms with Crippen molar-refractivity contribution in [1.29, 1.82) is 0 Å². The Balaban J connectivity index is 1.78. The fourth-order valence-electron chi connectivity index (χ4n) is 1.82. The van der Waals surface area contributed by atoms with Crippen molar-refractivity contribution >= 4 is 10.0 Å². The minimum absolute atomic E-state index is 0.181. The van der Waals surface area contributed by atoms with Crippen molar-refractivity contribution in [2.75, 3.05) is 19.8 Å². The standard InChI is InChI=1S/C14H18F3NO3S/c15-14(16,17)12-4-6-13(7-5-12)22(19,20)18-8-1-9-21-10-11-2-3-11/h4-7,11,18H,1-3,8-10H2. The summed E-state index contributed by atoms with van der Waals surface area (Å²) in [7, 11) is -3.79. The Morgan fingerprint density at radius 2 is 1.82 bits per heavy atom. The Morgan fingerprint density at radius 3 is 2.36 bits per heavy atom. The van der Waals surface area contributed by atoms with Gasteiger partial charge in [0, 0.05) is 19.8 Å². The van der Waals surface area contributed by atoms with Gasteiger partial charge in [-0.2, -0.15) is 13.2 Å². The molecule has 0 bridgehead atoms. The SMILES string of the molecule is O=S(=O)(NCCCOCC1CC1)c1ccc(C(F)(F)F)cc1. The highest BCUT2D eigenvalue weighted by atomic mass is 32.2. The molecular weight excluding hydrogens is 319 g/mol. The molecule has 0 unspecified atom stereocenters. The predicted molar refractivity (Wildman–Crippen MR) is 74.8 cm³/mol. The molecule has 1 aromatic carbocycles. The lowest BCUT2D eigenvalue weighted by Crippen LogP contribution is -2.25. The maximum absolute atomic E-state index is 12.4. The summed E-state index contributed by atoms with van der Waals surface area (Å²) in [4.78, 5) is -0.181. The second kappa shape index (κ2) is 6.97. The molecule has 0 radical (unpaired) electrons. The van der Waals surface area contributed by atoms with Crippen LogP contribution in [0.5, 0.6) is 0 Å². The van der Waals surface area contributed by atoms with Crippen LogP contribution < -0.4 is 4.72 Å². The molecule has 0 spiro atoms. The van der Waals surface area contributed by atoms with Gasteiger partial charge in [0.2, 0.25) is 10.0 Å². The number of rotatable bonds is 8. The van der Waals surface area contributed by atoms with E-state index in [-0.39, 0.29) is 11.4 Å². The fourth-order valence-corrected chi connectivity index (χ4v) is 2.90. The molecule has 0 saturated heterocycles. The molecule has 4 nitrogen and oxygen atoms in total.